The molecular weight excluding hydrogens is 354 g/mol. The number of piperidine rings is 1. The van der Waals surface area contributed by atoms with E-state index in [1.54, 1.807) is 0 Å². The van der Waals surface area contributed by atoms with Crippen LogP contribution in [0.15, 0.2) is 24.3 Å². The van der Waals surface area contributed by atoms with Gasteiger partial charge in [0.05, 0.1) is 0 Å². The summed E-state index contributed by atoms with van der Waals surface area (Å²) < 4.78 is 3.94. The molecule has 3 rings (SSSR count). The van der Waals surface area contributed by atoms with Gasteiger partial charge in [0.2, 0.25) is 5.91 Å². The minimum Gasteiger partial charge on any atom is -0.385 e. The van der Waals surface area contributed by atoms with Crippen LogP contribution in [0.25, 0.3) is 0 Å². The van der Waals surface area contributed by atoms with E-state index >= 15 is 0 Å². The normalized spacial score (nSPS) is 24.1. The van der Waals surface area contributed by atoms with Crippen LogP contribution in [-0.4, -0.2) is 29.8 Å². The summed E-state index contributed by atoms with van der Waals surface area (Å²) in [6.45, 7) is 8.67. The van der Waals surface area contributed by atoms with Gasteiger partial charge >= 0.3 is 0 Å². The Balaban J connectivity index is 1.40. The summed E-state index contributed by atoms with van der Waals surface area (Å²) in [4.78, 5) is 14.0. The zero-order chi connectivity index (χ0) is 19.3. The van der Waals surface area contributed by atoms with Crippen molar-refractivity contribution in [3.05, 3.63) is 24.3 Å². The standard InChI is InChI=1S/C22H35N3OS/c1-22(2,3)27-24-19-9-7-17(8-10-19)16-23-18-11-13-20(14-12-18)25-15-5-4-6-21(25)26/h11-14,17,19,23-24H,4-10,15-16H2,1-3H3/t17-,19-. The van der Waals surface area contributed by atoms with Gasteiger partial charge in [0.25, 0.3) is 0 Å². The van der Waals surface area contributed by atoms with E-state index < -0.39 is 0 Å². The number of hydrogen-bond donors (Lipinski definition) is 2. The van der Waals surface area contributed by atoms with E-state index in [2.05, 4.69) is 55.1 Å². The lowest BCUT2D eigenvalue weighted by molar-refractivity contribution is -0.119. The molecule has 0 unspecified atom stereocenters. The number of anilines is 2. The number of nitrogens with one attached hydrogen (secondary N) is 2. The maximum Gasteiger partial charge on any atom is 0.226 e. The number of amides is 1. The van der Waals surface area contributed by atoms with Gasteiger partial charge < -0.3 is 10.2 Å². The lowest BCUT2D eigenvalue weighted by atomic mass is 9.86. The smallest absolute Gasteiger partial charge is 0.226 e. The summed E-state index contributed by atoms with van der Waals surface area (Å²) in [5.41, 5.74) is 2.19. The molecule has 1 amide bonds. The van der Waals surface area contributed by atoms with E-state index in [-0.39, 0.29) is 10.7 Å². The Morgan fingerprint density at radius 2 is 1.78 bits per heavy atom. The van der Waals surface area contributed by atoms with E-state index in [9.17, 15) is 4.79 Å². The van der Waals surface area contributed by atoms with Crippen LogP contribution in [0.1, 0.15) is 65.7 Å². The highest BCUT2D eigenvalue weighted by atomic mass is 32.2. The van der Waals surface area contributed by atoms with Crippen LogP contribution in [0.3, 0.4) is 0 Å². The van der Waals surface area contributed by atoms with Gasteiger partial charge in [-0.3, -0.25) is 9.52 Å². The highest BCUT2D eigenvalue weighted by Crippen LogP contribution is 2.29. The Morgan fingerprint density at radius 1 is 1.07 bits per heavy atom. The highest BCUT2D eigenvalue weighted by molar-refractivity contribution is 7.98. The summed E-state index contributed by atoms with van der Waals surface area (Å²) in [6, 6.07) is 9.05. The molecule has 1 aliphatic carbocycles. The van der Waals surface area contributed by atoms with E-state index in [0.29, 0.717) is 12.5 Å². The molecule has 1 heterocycles. The number of benzene rings is 1. The molecule has 4 nitrogen and oxygen atoms in total. The third-order valence-electron chi connectivity index (χ3n) is 5.48. The van der Waals surface area contributed by atoms with Crippen LogP contribution in [-0.2, 0) is 4.79 Å². The van der Waals surface area contributed by atoms with Crippen LogP contribution in [0.2, 0.25) is 0 Å². The Kier molecular flexibility index (Phi) is 7.10. The molecule has 0 atom stereocenters. The van der Waals surface area contributed by atoms with Crippen LogP contribution in [0.5, 0.6) is 0 Å². The predicted octanol–water partition coefficient (Wildman–Crippen LogP) is 5.21. The fourth-order valence-electron chi connectivity index (χ4n) is 3.84. The molecule has 150 valence electrons. The highest BCUT2D eigenvalue weighted by Gasteiger charge is 2.23. The Labute approximate surface area is 169 Å². The molecule has 1 aromatic rings. The first-order valence-electron chi connectivity index (χ1n) is 10.5. The van der Waals surface area contributed by atoms with Gasteiger partial charge in [-0.25, -0.2) is 0 Å². The second-order valence-electron chi connectivity index (χ2n) is 8.98. The quantitative estimate of drug-likeness (QED) is 0.656. The summed E-state index contributed by atoms with van der Waals surface area (Å²) in [5.74, 6) is 1.02. The Morgan fingerprint density at radius 3 is 2.41 bits per heavy atom. The molecule has 2 aliphatic rings. The van der Waals surface area contributed by atoms with Gasteiger partial charge in [-0.2, -0.15) is 0 Å². The number of carbonyl (C=O) groups excluding carboxylic acids is 1. The maximum atomic E-state index is 12.0. The summed E-state index contributed by atoms with van der Waals surface area (Å²) in [5, 5.41) is 3.60. The zero-order valence-electron chi connectivity index (χ0n) is 17.1. The van der Waals surface area contributed by atoms with Crippen LogP contribution in [0.4, 0.5) is 11.4 Å². The molecule has 2 fully saturated rings. The van der Waals surface area contributed by atoms with Crippen molar-refractivity contribution in [3.63, 3.8) is 0 Å². The molecule has 0 aromatic heterocycles. The van der Waals surface area contributed by atoms with Gasteiger partial charge in [0.15, 0.2) is 0 Å². The first-order chi connectivity index (χ1) is 12.9. The lowest BCUT2D eigenvalue weighted by Gasteiger charge is -2.31. The van der Waals surface area contributed by atoms with Crippen molar-refractivity contribution in [3.8, 4) is 0 Å². The second kappa shape index (κ2) is 9.33. The topological polar surface area (TPSA) is 44.4 Å². The van der Waals surface area contributed by atoms with Gasteiger partial charge in [-0.1, -0.05) is 11.9 Å². The van der Waals surface area contributed by atoms with Gasteiger partial charge in [0, 0.05) is 41.7 Å². The first-order valence-corrected chi connectivity index (χ1v) is 11.3. The van der Waals surface area contributed by atoms with Crippen molar-refractivity contribution in [1.29, 1.82) is 0 Å². The Hall–Kier alpha value is -1.20. The molecule has 1 aliphatic heterocycles. The minimum absolute atomic E-state index is 0.261. The monoisotopic (exact) mass is 389 g/mol. The van der Waals surface area contributed by atoms with Crippen molar-refractivity contribution in [1.82, 2.24) is 4.72 Å². The average molecular weight is 390 g/mol. The van der Waals surface area contributed by atoms with E-state index in [1.165, 1.54) is 25.7 Å². The Bertz CT molecular complexity index is 603. The fraction of sp³-hybridized carbons (Fsp3) is 0.682. The largest absolute Gasteiger partial charge is 0.385 e. The van der Waals surface area contributed by atoms with Crippen molar-refractivity contribution in [2.45, 2.75) is 76.5 Å². The van der Waals surface area contributed by atoms with Crippen LogP contribution in [0, 0.1) is 5.92 Å². The number of nitrogens with zero attached hydrogens (tertiary/aromatic N) is 1. The fourth-order valence-corrected chi connectivity index (χ4v) is 4.60. The van der Waals surface area contributed by atoms with Crippen molar-refractivity contribution < 1.29 is 4.79 Å². The minimum atomic E-state index is 0.261. The molecule has 1 aromatic carbocycles. The van der Waals surface area contributed by atoms with Crippen LogP contribution < -0.4 is 14.9 Å². The van der Waals surface area contributed by atoms with E-state index in [1.807, 2.05) is 16.8 Å². The summed E-state index contributed by atoms with van der Waals surface area (Å²) >= 11 is 1.87. The average Bonchev–Trinajstić information content (AvgIpc) is 2.66. The number of rotatable bonds is 6. The summed E-state index contributed by atoms with van der Waals surface area (Å²) in [6.07, 6.45) is 7.94. The maximum absolute atomic E-state index is 12.0. The van der Waals surface area contributed by atoms with Crippen molar-refractivity contribution >= 4 is 29.2 Å². The third kappa shape index (κ3) is 6.42. The molecule has 1 saturated heterocycles. The number of carbonyl (C=O) groups is 1. The predicted molar refractivity (Wildman–Crippen MR) is 117 cm³/mol. The molecule has 2 N–H and O–H groups in total. The van der Waals surface area contributed by atoms with Gasteiger partial charge in [-0.05, 0) is 89.5 Å². The molecule has 0 spiro atoms. The van der Waals surface area contributed by atoms with Gasteiger partial charge in [0.1, 0.15) is 0 Å². The second-order valence-corrected chi connectivity index (χ2v) is 10.6. The lowest BCUT2D eigenvalue weighted by Crippen LogP contribution is -2.35. The molecule has 0 bridgehead atoms. The third-order valence-corrected chi connectivity index (χ3v) is 6.54. The van der Waals surface area contributed by atoms with Gasteiger partial charge in [-0.15, -0.1) is 0 Å². The van der Waals surface area contributed by atoms with E-state index in [0.717, 1.165) is 43.2 Å². The van der Waals surface area contributed by atoms with Crippen molar-refractivity contribution in [2.24, 2.45) is 5.92 Å². The van der Waals surface area contributed by atoms with E-state index in [4.69, 9.17) is 0 Å². The zero-order valence-corrected chi connectivity index (χ0v) is 17.9. The van der Waals surface area contributed by atoms with Crippen molar-refractivity contribution in [2.75, 3.05) is 23.3 Å². The molecular formula is C22H35N3OS. The molecule has 0 radical (unpaired) electrons. The summed E-state index contributed by atoms with van der Waals surface area (Å²) in [7, 11) is 0. The number of hydrogen-bond acceptors (Lipinski definition) is 4. The first kappa shape index (κ1) is 20.5. The van der Waals surface area contributed by atoms with Crippen LogP contribution >= 0.6 is 11.9 Å². The molecule has 1 saturated carbocycles. The molecule has 27 heavy (non-hydrogen) atoms. The SMILES string of the molecule is CC(C)(C)SN[C@H]1CC[C@H](CNc2ccc(N3CCCCC3=O)cc2)CC1. The molecule has 5 heteroatoms.